The van der Waals surface area contributed by atoms with E-state index in [0.717, 1.165) is 12.2 Å². The Morgan fingerprint density at radius 3 is 3.06 bits per heavy atom. The summed E-state index contributed by atoms with van der Waals surface area (Å²) >= 11 is 1.70. The summed E-state index contributed by atoms with van der Waals surface area (Å²) in [5.41, 5.74) is 0. The highest BCUT2D eigenvalue weighted by Gasteiger charge is 2.07. The lowest BCUT2D eigenvalue weighted by molar-refractivity contribution is 0.377. The van der Waals surface area contributed by atoms with Crippen molar-refractivity contribution in [3.8, 4) is 0 Å². The summed E-state index contributed by atoms with van der Waals surface area (Å²) in [6.07, 6.45) is 0.729. The van der Waals surface area contributed by atoms with E-state index in [1.54, 1.807) is 11.3 Å². The van der Waals surface area contributed by atoms with Crippen LogP contribution < -0.4 is 5.32 Å². The van der Waals surface area contributed by atoms with Gasteiger partial charge in [0.15, 0.2) is 5.82 Å². The molecule has 2 heterocycles. The second kappa shape index (κ2) is 5.23. The van der Waals surface area contributed by atoms with E-state index in [2.05, 4.69) is 35.4 Å². The lowest BCUT2D eigenvalue weighted by Gasteiger charge is -2.03. The van der Waals surface area contributed by atoms with Gasteiger partial charge in [0, 0.05) is 10.9 Å². The van der Waals surface area contributed by atoms with E-state index < -0.39 is 0 Å². The van der Waals surface area contributed by atoms with Crippen LogP contribution in [0.2, 0.25) is 0 Å². The summed E-state index contributed by atoms with van der Waals surface area (Å²) in [6.45, 7) is 4.84. The van der Waals surface area contributed by atoms with Crippen LogP contribution >= 0.6 is 11.3 Å². The van der Waals surface area contributed by atoms with Gasteiger partial charge in [-0.05, 0) is 11.4 Å². The van der Waals surface area contributed by atoms with Crippen molar-refractivity contribution in [1.82, 2.24) is 15.5 Å². The minimum absolute atomic E-state index is 0.430. The number of hydrogen-bond donors (Lipinski definition) is 1. The molecule has 16 heavy (non-hydrogen) atoms. The third-order valence-corrected chi connectivity index (χ3v) is 2.96. The molecule has 0 aromatic carbocycles. The van der Waals surface area contributed by atoms with Crippen molar-refractivity contribution in [3.63, 3.8) is 0 Å². The van der Waals surface area contributed by atoms with Gasteiger partial charge in [0.05, 0.1) is 13.0 Å². The molecule has 0 aliphatic carbocycles. The standard InChI is InChI=1S/C11H15N3OS/c1-8(2)12-7-10-13-11(15-14-10)6-9-4-3-5-16-9/h3-5,8,12H,6-7H2,1-2H3. The fraction of sp³-hybridized carbons (Fsp3) is 0.455. The molecule has 0 saturated heterocycles. The van der Waals surface area contributed by atoms with Gasteiger partial charge >= 0.3 is 0 Å². The minimum atomic E-state index is 0.430. The molecule has 86 valence electrons. The predicted octanol–water partition coefficient (Wildman–Crippen LogP) is 2.22. The maximum absolute atomic E-state index is 5.18. The quantitative estimate of drug-likeness (QED) is 0.866. The Kier molecular flexibility index (Phi) is 3.69. The lowest BCUT2D eigenvalue weighted by Crippen LogP contribution is -2.22. The van der Waals surface area contributed by atoms with Crippen molar-refractivity contribution in [1.29, 1.82) is 0 Å². The molecular formula is C11H15N3OS. The van der Waals surface area contributed by atoms with Crippen LogP contribution in [0.15, 0.2) is 22.0 Å². The Bertz CT molecular complexity index is 422. The van der Waals surface area contributed by atoms with Gasteiger partial charge in [0.2, 0.25) is 5.89 Å². The van der Waals surface area contributed by atoms with E-state index >= 15 is 0 Å². The van der Waals surface area contributed by atoms with Crippen LogP contribution in [0.3, 0.4) is 0 Å². The zero-order chi connectivity index (χ0) is 11.4. The van der Waals surface area contributed by atoms with Crippen LogP contribution in [0, 0.1) is 0 Å². The van der Waals surface area contributed by atoms with Gasteiger partial charge in [-0.15, -0.1) is 11.3 Å². The Hall–Kier alpha value is -1.20. The summed E-state index contributed by atoms with van der Waals surface area (Å²) in [5, 5.41) is 9.22. The van der Waals surface area contributed by atoms with Crippen LogP contribution in [-0.2, 0) is 13.0 Å². The SMILES string of the molecule is CC(C)NCc1noc(Cc2cccs2)n1. The molecule has 2 aromatic rings. The van der Waals surface area contributed by atoms with Crippen LogP contribution in [0.1, 0.15) is 30.4 Å². The highest BCUT2D eigenvalue weighted by molar-refractivity contribution is 7.09. The zero-order valence-corrected chi connectivity index (χ0v) is 10.3. The first-order chi connectivity index (χ1) is 7.74. The highest BCUT2D eigenvalue weighted by atomic mass is 32.1. The Morgan fingerprint density at radius 1 is 1.50 bits per heavy atom. The summed E-state index contributed by atoms with van der Waals surface area (Å²) in [5.74, 6) is 1.41. The second-order valence-electron chi connectivity index (χ2n) is 3.90. The van der Waals surface area contributed by atoms with E-state index in [1.807, 2.05) is 11.4 Å². The van der Waals surface area contributed by atoms with Crippen LogP contribution in [0.5, 0.6) is 0 Å². The first-order valence-electron chi connectivity index (χ1n) is 5.31. The molecule has 2 aromatic heterocycles. The molecule has 0 fully saturated rings. The third-order valence-electron chi connectivity index (χ3n) is 2.08. The van der Waals surface area contributed by atoms with Gasteiger partial charge in [-0.1, -0.05) is 25.1 Å². The molecule has 0 atom stereocenters. The monoisotopic (exact) mass is 237 g/mol. The van der Waals surface area contributed by atoms with Gasteiger partial charge in [0.25, 0.3) is 0 Å². The number of aromatic nitrogens is 2. The summed E-state index contributed by atoms with van der Waals surface area (Å²) < 4.78 is 5.18. The third kappa shape index (κ3) is 3.15. The van der Waals surface area contributed by atoms with E-state index in [-0.39, 0.29) is 0 Å². The molecule has 4 nitrogen and oxygen atoms in total. The van der Waals surface area contributed by atoms with Crippen molar-refractivity contribution in [2.75, 3.05) is 0 Å². The topological polar surface area (TPSA) is 51.0 Å². The second-order valence-corrected chi connectivity index (χ2v) is 4.93. The van der Waals surface area contributed by atoms with Gasteiger partial charge in [-0.2, -0.15) is 4.98 Å². The first kappa shape index (κ1) is 11.3. The Labute approximate surface area is 98.7 Å². The van der Waals surface area contributed by atoms with Gasteiger partial charge < -0.3 is 9.84 Å². The van der Waals surface area contributed by atoms with Gasteiger partial charge in [-0.3, -0.25) is 0 Å². The van der Waals surface area contributed by atoms with Gasteiger partial charge in [0.1, 0.15) is 0 Å². The predicted molar refractivity (Wildman–Crippen MR) is 63.4 cm³/mol. The van der Waals surface area contributed by atoms with E-state index in [9.17, 15) is 0 Å². The average Bonchev–Trinajstić information content (AvgIpc) is 2.87. The molecule has 1 N–H and O–H groups in total. The molecule has 0 aliphatic rings. The fourth-order valence-electron chi connectivity index (χ4n) is 1.29. The van der Waals surface area contributed by atoms with Crippen molar-refractivity contribution in [2.24, 2.45) is 0 Å². The van der Waals surface area contributed by atoms with E-state index in [1.165, 1.54) is 4.88 Å². The Morgan fingerprint density at radius 2 is 2.38 bits per heavy atom. The normalized spacial score (nSPS) is 11.2. The molecular weight excluding hydrogens is 222 g/mol. The van der Waals surface area contributed by atoms with Crippen molar-refractivity contribution < 1.29 is 4.52 Å². The number of nitrogens with one attached hydrogen (secondary N) is 1. The molecule has 0 amide bonds. The first-order valence-corrected chi connectivity index (χ1v) is 6.19. The van der Waals surface area contributed by atoms with Crippen LogP contribution in [-0.4, -0.2) is 16.2 Å². The molecule has 0 spiro atoms. The fourth-order valence-corrected chi connectivity index (χ4v) is 1.99. The molecule has 2 rings (SSSR count). The molecule has 5 heteroatoms. The minimum Gasteiger partial charge on any atom is -0.339 e. The molecule has 0 unspecified atom stereocenters. The van der Waals surface area contributed by atoms with Crippen LogP contribution in [0.4, 0.5) is 0 Å². The lowest BCUT2D eigenvalue weighted by atomic mass is 10.3. The van der Waals surface area contributed by atoms with Crippen molar-refractivity contribution in [2.45, 2.75) is 32.9 Å². The maximum Gasteiger partial charge on any atom is 0.231 e. The average molecular weight is 237 g/mol. The molecule has 0 saturated carbocycles. The largest absolute Gasteiger partial charge is 0.339 e. The smallest absolute Gasteiger partial charge is 0.231 e. The van der Waals surface area contributed by atoms with Gasteiger partial charge in [-0.25, -0.2) is 0 Å². The number of thiophene rings is 1. The van der Waals surface area contributed by atoms with Crippen molar-refractivity contribution in [3.05, 3.63) is 34.1 Å². The zero-order valence-electron chi connectivity index (χ0n) is 9.43. The number of rotatable bonds is 5. The summed E-state index contributed by atoms with van der Waals surface area (Å²) in [4.78, 5) is 5.57. The summed E-state index contributed by atoms with van der Waals surface area (Å²) in [6, 6.07) is 4.53. The maximum atomic E-state index is 5.18. The molecule has 0 aliphatic heterocycles. The molecule has 0 radical (unpaired) electrons. The molecule has 0 bridgehead atoms. The Balaban J connectivity index is 1.92. The van der Waals surface area contributed by atoms with Crippen molar-refractivity contribution >= 4 is 11.3 Å². The summed E-state index contributed by atoms with van der Waals surface area (Å²) in [7, 11) is 0. The number of nitrogens with zero attached hydrogens (tertiary/aromatic N) is 2. The van der Waals surface area contributed by atoms with E-state index in [0.29, 0.717) is 18.5 Å². The van der Waals surface area contributed by atoms with Crippen LogP contribution in [0.25, 0.3) is 0 Å². The number of hydrogen-bond acceptors (Lipinski definition) is 5. The highest BCUT2D eigenvalue weighted by Crippen LogP contribution is 2.13. The van der Waals surface area contributed by atoms with E-state index in [4.69, 9.17) is 4.52 Å².